The van der Waals surface area contributed by atoms with Gasteiger partial charge in [-0.15, -0.1) is 0 Å². The van der Waals surface area contributed by atoms with Crippen LogP contribution in [0, 0.1) is 0 Å². The summed E-state index contributed by atoms with van der Waals surface area (Å²) in [4.78, 5) is 2.33. The van der Waals surface area contributed by atoms with E-state index < -0.39 is 0 Å². The monoisotopic (exact) mass is 143 g/mol. The summed E-state index contributed by atoms with van der Waals surface area (Å²) in [7, 11) is 0. The van der Waals surface area contributed by atoms with Crippen LogP contribution in [0.5, 0.6) is 0 Å². The van der Waals surface area contributed by atoms with E-state index in [1.807, 2.05) is 0 Å². The molecule has 1 rings (SSSR count). The lowest BCUT2D eigenvalue weighted by Gasteiger charge is -2.19. The van der Waals surface area contributed by atoms with Gasteiger partial charge in [0.1, 0.15) is 6.73 Å². The lowest BCUT2D eigenvalue weighted by Crippen LogP contribution is -2.32. The van der Waals surface area contributed by atoms with Gasteiger partial charge in [0.05, 0.1) is 5.60 Å². The molecule has 0 amide bonds. The third-order valence-corrected chi connectivity index (χ3v) is 1.94. The molecule has 2 heteroatoms. The Bertz CT molecular complexity index is 120. The first-order valence-corrected chi connectivity index (χ1v) is 3.89. The summed E-state index contributed by atoms with van der Waals surface area (Å²) < 4.78 is 5.54. The Morgan fingerprint density at radius 2 is 2.00 bits per heavy atom. The number of ether oxygens (including phenoxy) is 1. The summed E-state index contributed by atoms with van der Waals surface area (Å²) in [5.41, 5.74) is 0.0737. The predicted octanol–water partition coefficient (Wildman–Crippen LogP) is 1.46. The van der Waals surface area contributed by atoms with Crippen LogP contribution in [0.4, 0.5) is 0 Å². The van der Waals surface area contributed by atoms with Crippen LogP contribution in [0.2, 0.25) is 0 Å². The molecule has 2 nitrogen and oxygen atoms in total. The second-order valence-electron chi connectivity index (χ2n) is 3.87. The molecule has 1 heterocycles. The van der Waals surface area contributed by atoms with Crippen molar-refractivity contribution in [2.45, 2.75) is 39.3 Å². The summed E-state index contributed by atoms with van der Waals surface area (Å²) in [6, 6.07) is 0.613. The first kappa shape index (κ1) is 8.02. The van der Waals surface area contributed by atoms with Crippen molar-refractivity contribution in [2.75, 3.05) is 13.3 Å². The second-order valence-corrected chi connectivity index (χ2v) is 3.87. The first-order chi connectivity index (χ1) is 4.51. The molecule has 0 aliphatic carbocycles. The molecule has 0 bridgehead atoms. The Kier molecular flexibility index (Phi) is 2.02. The standard InChI is InChI=1S/C8H17NO/c1-7(2)9-5-8(3,4)10-6-9/h7H,5-6H2,1-4H3. The SMILES string of the molecule is CC(C)N1COC(C)(C)C1. The highest BCUT2D eigenvalue weighted by atomic mass is 16.5. The van der Waals surface area contributed by atoms with Gasteiger partial charge in [-0.3, -0.25) is 4.90 Å². The van der Waals surface area contributed by atoms with Gasteiger partial charge in [0.25, 0.3) is 0 Å². The zero-order chi connectivity index (χ0) is 7.78. The molecule has 60 valence electrons. The number of rotatable bonds is 1. The third kappa shape index (κ3) is 1.70. The van der Waals surface area contributed by atoms with Crippen molar-refractivity contribution < 1.29 is 4.74 Å². The average molecular weight is 143 g/mol. The maximum atomic E-state index is 5.54. The largest absolute Gasteiger partial charge is 0.359 e. The molecule has 0 unspecified atom stereocenters. The lowest BCUT2D eigenvalue weighted by molar-refractivity contribution is 0.0295. The quantitative estimate of drug-likeness (QED) is 0.551. The van der Waals surface area contributed by atoms with E-state index in [9.17, 15) is 0 Å². The van der Waals surface area contributed by atoms with Crippen LogP contribution in [-0.4, -0.2) is 29.8 Å². The van der Waals surface area contributed by atoms with Gasteiger partial charge in [-0.05, 0) is 27.7 Å². The van der Waals surface area contributed by atoms with Gasteiger partial charge in [0.15, 0.2) is 0 Å². The molecule has 0 aromatic heterocycles. The molecular weight excluding hydrogens is 126 g/mol. The summed E-state index contributed by atoms with van der Waals surface area (Å²) in [6.45, 7) is 10.5. The summed E-state index contributed by atoms with van der Waals surface area (Å²) in [5.74, 6) is 0. The van der Waals surface area contributed by atoms with Crippen molar-refractivity contribution in [1.82, 2.24) is 4.90 Å². The van der Waals surface area contributed by atoms with E-state index in [-0.39, 0.29) is 5.60 Å². The Morgan fingerprint density at radius 1 is 1.40 bits per heavy atom. The molecule has 1 aliphatic rings. The minimum Gasteiger partial charge on any atom is -0.359 e. The molecule has 0 atom stereocenters. The number of hydrogen-bond acceptors (Lipinski definition) is 2. The Hall–Kier alpha value is -0.0800. The molecule has 0 radical (unpaired) electrons. The molecular formula is C8H17NO. The van der Waals surface area contributed by atoms with Gasteiger partial charge >= 0.3 is 0 Å². The smallest absolute Gasteiger partial charge is 0.100 e. The van der Waals surface area contributed by atoms with Gasteiger partial charge in [-0.2, -0.15) is 0 Å². The Labute approximate surface area is 63.2 Å². The highest BCUT2D eigenvalue weighted by Crippen LogP contribution is 2.20. The van der Waals surface area contributed by atoms with Crippen molar-refractivity contribution >= 4 is 0 Å². The van der Waals surface area contributed by atoms with Crippen LogP contribution in [0.25, 0.3) is 0 Å². The number of nitrogens with zero attached hydrogens (tertiary/aromatic N) is 1. The van der Waals surface area contributed by atoms with E-state index in [4.69, 9.17) is 4.74 Å². The lowest BCUT2D eigenvalue weighted by atomic mass is 10.1. The molecule has 0 spiro atoms. The van der Waals surface area contributed by atoms with Crippen molar-refractivity contribution in [3.8, 4) is 0 Å². The summed E-state index contributed by atoms with van der Waals surface area (Å²) in [6.07, 6.45) is 0. The minimum absolute atomic E-state index is 0.0737. The van der Waals surface area contributed by atoms with E-state index in [2.05, 4.69) is 32.6 Å². The van der Waals surface area contributed by atoms with Crippen molar-refractivity contribution in [1.29, 1.82) is 0 Å². The van der Waals surface area contributed by atoms with Gasteiger partial charge < -0.3 is 4.74 Å². The molecule has 0 aromatic carbocycles. The normalized spacial score (nSPS) is 26.1. The fraction of sp³-hybridized carbons (Fsp3) is 1.00. The highest BCUT2D eigenvalue weighted by molar-refractivity contribution is 4.80. The van der Waals surface area contributed by atoms with E-state index in [1.54, 1.807) is 0 Å². The topological polar surface area (TPSA) is 12.5 Å². The van der Waals surface area contributed by atoms with Gasteiger partial charge in [-0.25, -0.2) is 0 Å². The predicted molar refractivity (Wildman–Crippen MR) is 41.9 cm³/mol. The van der Waals surface area contributed by atoms with Crippen molar-refractivity contribution in [3.05, 3.63) is 0 Å². The highest BCUT2D eigenvalue weighted by Gasteiger charge is 2.30. The summed E-state index contributed by atoms with van der Waals surface area (Å²) >= 11 is 0. The minimum atomic E-state index is 0.0737. The van der Waals surface area contributed by atoms with Crippen molar-refractivity contribution in [2.24, 2.45) is 0 Å². The Balaban J connectivity index is 2.43. The zero-order valence-electron chi connectivity index (χ0n) is 7.35. The van der Waals surface area contributed by atoms with Crippen LogP contribution in [0.3, 0.4) is 0 Å². The van der Waals surface area contributed by atoms with Crippen LogP contribution >= 0.6 is 0 Å². The third-order valence-electron chi connectivity index (χ3n) is 1.94. The fourth-order valence-electron chi connectivity index (χ4n) is 1.17. The van der Waals surface area contributed by atoms with E-state index in [1.165, 1.54) is 0 Å². The molecule has 10 heavy (non-hydrogen) atoms. The second kappa shape index (κ2) is 2.51. The summed E-state index contributed by atoms with van der Waals surface area (Å²) in [5, 5.41) is 0. The number of hydrogen-bond donors (Lipinski definition) is 0. The molecule has 1 saturated heterocycles. The van der Waals surface area contributed by atoms with Crippen LogP contribution in [0.15, 0.2) is 0 Å². The van der Waals surface area contributed by atoms with Gasteiger partial charge in [0.2, 0.25) is 0 Å². The van der Waals surface area contributed by atoms with Crippen LogP contribution < -0.4 is 0 Å². The van der Waals surface area contributed by atoms with E-state index in [0.717, 1.165) is 13.3 Å². The maximum Gasteiger partial charge on any atom is 0.100 e. The van der Waals surface area contributed by atoms with Crippen molar-refractivity contribution in [3.63, 3.8) is 0 Å². The van der Waals surface area contributed by atoms with E-state index in [0.29, 0.717) is 6.04 Å². The van der Waals surface area contributed by atoms with E-state index >= 15 is 0 Å². The first-order valence-electron chi connectivity index (χ1n) is 3.89. The van der Waals surface area contributed by atoms with Crippen LogP contribution in [0.1, 0.15) is 27.7 Å². The fourth-order valence-corrected chi connectivity index (χ4v) is 1.17. The molecule has 0 N–H and O–H groups in total. The maximum absolute atomic E-state index is 5.54. The van der Waals surface area contributed by atoms with Gasteiger partial charge in [0, 0.05) is 12.6 Å². The molecule has 1 fully saturated rings. The zero-order valence-corrected chi connectivity index (χ0v) is 7.35. The molecule has 1 aliphatic heterocycles. The van der Waals surface area contributed by atoms with Crippen LogP contribution in [-0.2, 0) is 4.74 Å². The van der Waals surface area contributed by atoms with Gasteiger partial charge in [-0.1, -0.05) is 0 Å². The average Bonchev–Trinajstić information content (AvgIpc) is 2.10. The Morgan fingerprint density at radius 3 is 2.20 bits per heavy atom. The molecule has 0 aromatic rings. The molecule has 0 saturated carbocycles.